The standard InChI is InChI=1S/C17H29NO/c1-12(2)9-17(6,19)11-18-10-16-14(4)7-13(3)8-15(16)5/h7-8,12,18-19H,9-11H2,1-6H3. The van der Waals surface area contributed by atoms with Gasteiger partial charge in [0, 0.05) is 13.1 Å². The molecule has 0 fully saturated rings. The normalized spacial score (nSPS) is 14.7. The molecular formula is C17H29NO. The molecule has 0 amide bonds. The summed E-state index contributed by atoms with van der Waals surface area (Å²) in [4.78, 5) is 0. The van der Waals surface area contributed by atoms with Crippen molar-refractivity contribution in [1.82, 2.24) is 5.32 Å². The topological polar surface area (TPSA) is 32.3 Å². The van der Waals surface area contributed by atoms with E-state index in [2.05, 4.69) is 52.1 Å². The summed E-state index contributed by atoms with van der Waals surface area (Å²) in [5, 5.41) is 13.7. The summed E-state index contributed by atoms with van der Waals surface area (Å²) < 4.78 is 0. The molecule has 0 saturated carbocycles. The molecule has 0 aliphatic carbocycles. The monoisotopic (exact) mass is 263 g/mol. The Bertz CT molecular complexity index is 398. The Hall–Kier alpha value is -0.860. The Morgan fingerprint density at radius 3 is 2.16 bits per heavy atom. The molecule has 2 N–H and O–H groups in total. The molecule has 0 aliphatic rings. The van der Waals surface area contributed by atoms with Gasteiger partial charge in [-0.05, 0) is 56.7 Å². The van der Waals surface area contributed by atoms with Gasteiger partial charge in [0.15, 0.2) is 0 Å². The maximum absolute atomic E-state index is 10.3. The predicted octanol–water partition coefficient (Wildman–Crippen LogP) is 3.50. The van der Waals surface area contributed by atoms with Crippen molar-refractivity contribution in [3.8, 4) is 0 Å². The van der Waals surface area contributed by atoms with Gasteiger partial charge in [-0.25, -0.2) is 0 Å². The zero-order valence-corrected chi connectivity index (χ0v) is 13.3. The lowest BCUT2D eigenvalue weighted by Gasteiger charge is -2.26. The highest BCUT2D eigenvalue weighted by Crippen LogP contribution is 2.18. The van der Waals surface area contributed by atoms with E-state index >= 15 is 0 Å². The van der Waals surface area contributed by atoms with Crippen LogP contribution in [-0.2, 0) is 6.54 Å². The van der Waals surface area contributed by atoms with Gasteiger partial charge in [0.05, 0.1) is 5.60 Å². The van der Waals surface area contributed by atoms with Gasteiger partial charge in [0.25, 0.3) is 0 Å². The second-order valence-electron chi connectivity index (χ2n) is 6.58. The van der Waals surface area contributed by atoms with Crippen molar-refractivity contribution in [2.24, 2.45) is 5.92 Å². The average Bonchev–Trinajstić information content (AvgIpc) is 2.19. The number of hydrogen-bond donors (Lipinski definition) is 2. The third-order valence-corrected chi connectivity index (χ3v) is 3.50. The van der Waals surface area contributed by atoms with Gasteiger partial charge < -0.3 is 10.4 Å². The molecule has 1 unspecified atom stereocenters. The highest BCUT2D eigenvalue weighted by atomic mass is 16.3. The predicted molar refractivity (Wildman–Crippen MR) is 82.4 cm³/mol. The van der Waals surface area contributed by atoms with Crippen LogP contribution in [0.15, 0.2) is 12.1 Å². The zero-order chi connectivity index (χ0) is 14.6. The van der Waals surface area contributed by atoms with Crippen LogP contribution in [0.25, 0.3) is 0 Å². The lowest BCUT2D eigenvalue weighted by molar-refractivity contribution is 0.0383. The van der Waals surface area contributed by atoms with Gasteiger partial charge in [-0.2, -0.15) is 0 Å². The second-order valence-corrected chi connectivity index (χ2v) is 6.58. The van der Waals surface area contributed by atoms with Crippen LogP contribution >= 0.6 is 0 Å². The number of aryl methyl sites for hydroxylation is 3. The molecule has 0 saturated heterocycles. The minimum Gasteiger partial charge on any atom is -0.389 e. The first kappa shape index (κ1) is 16.2. The van der Waals surface area contributed by atoms with Gasteiger partial charge in [-0.3, -0.25) is 0 Å². The highest BCUT2D eigenvalue weighted by Gasteiger charge is 2.21. The summed E-state index contributed by atoms with van der Waals surface area (Å²) >= 11 is 0. The average molecular weight is 263 g/mol. The Balaban J connectivity index is 2.59. The lowest BCUT2D eigenvalue weighted by Crippen LogP contribution is -2.38. The Morgan fingerprint density at radius 1 is 1.16 bits per heavy atom. The van der Waals surface area contributed by atoms with Gasteiger partial charge >= 0.3 is 0 Å². The summed E-state index contributed by atoms with van der Waals surface area (Å²) in [7, 11) is 0. The van der Waals surface area contributed by atoms with Crippen molar-refractivity contribution in [1.29, 1.82) is 0 Å². The first-order valence-corrected chi connectivity index (χ1v) is 7.21. The first-order chi connectivity index (χ1) is 8.71. The molecule has 0 bridgehead atoms. The molecule has 108 valence electrons. The molecule has 2 heteroatoms. The number of nitrogens with one attached hydrogen (secondary N) is 1. The molecule has 19 heavy (non-hydrogen) atoms. The molecule has 0 aliphatic heterocycles. The fourth-order valence-corrected chi connectivity index (χ4v) is 2.90. The van der Waals surface area contributed by atoms with Crippen LogP contribution in [0.4, 0.5) is 0 Å². The minimum absolute atomic E-state index is 0.514. The Labute approximate surface area is 118 Å². The van der Waals surface area contributed by atoms with Gasteiger partial charge in [0.1, 0.15) is 0 Å². The summed E-state index contributed by atoms with van der Waals surface area (Å²) in [5.41, 5.74) is 4.69. The SMILES string of the molecule is Cc1cc(C)c(CNCC(C)(O)CC(C)C)c(C)c1. The second kappa shape index (κ2) is 6.53. The van der Waals surface area contributed by atoms with E-state index in [9.17, 15) is 5.11 Å². The van der Waals surface area contributed by atoms with Crippen molar-refractivity contribution in [2.75, 3.05) is 6.54 Å². The van der Waals surface area contributed by atoms with Crippen molar-refractivity contribution in [3.05, 3.63) is 34.4 Å². The molecule has 1 aromatic rings. The van der Waals surface area contributed by atoms with Crippen molar-refractivity contribution < 1.29 is 5.11 Å². The molecule has 1 rings (SSSR count). The quantitative estimate of drug-likeness (QED) is 0.823. The Kier molecular flexibility index (Phi) is 5.57. The maximum atomic E-state index is 10.3. The molecule has 0 aromatic heterocycles. The van der Waals surface area contributed by atoms with Crippen LogP contribution in [-0.4, -0.2) is 17.3 Å². The van der Waals surface area contributed by atoms with E-state index < -0.39 is 5.60 Å². The summed E-state index contributed by atoms with van der Waals surface area (Å²) in [6.07, 6.45) is 0.825. The maximum Gasteiger partial charge on any atom is 0.0746 e. The minimum atomic E-state index is -0.624. The van der Waals surface area contributed by atoms with Crippen molar-refractivity contribution >= 4 is 0 Å². The van der Waals surface area contributed by atoms with Crippen molar-refractivity contribution in [2.45, 2.75) is 60.1 Å². The number of aliphatic hydroxyl groups is 1. The number of rotatable bonds is 6. The molecule has 0 radical (unpaired) electrons. The number of benzene rings is 1. The fourth-order valence-electron chi connectivity index (χ4n) is 2.90. The molecular weight excluding hydrogens is 234 g/mol. The van der Waals surface area contributed by atoms with E-state index in [1.165, 1.54) is 22.3 Å². The smallest absolute Gasteiger partial charge is 0.0746 e. The Morgan fingerprint density at radius 2 is 1.68 bits per heavy atom. The van der Waals surface area contributed by atoms with E-state index in [0.29, 0.717) is 12.5 Å². The van der Waals surface area contributed by atoms with E-state index in [1.54, 1.807) is 0 Å². The van der Waals surface area contributed by atoms with Gasteiger partial charge in [-0.1, -0.05) is 31.5 Å². The van der Waals surface area contributed by atoms with E-state index in [0.717, 1.165) is 13.0 Å². The lowest BCUT2D eigenvalue weighted by atomic mass is 9.94. The number of hydrogen-bond acceptors (Lipinski definition) is 2. The fraction of sp³-hybridized carbons (Fsp3) is 0.647. The van der Waals surface area contributed by atoms with E-state index in [-0.39, 0.29) is 0 Å². The zero-order valence-electron chi connectivity index (χ0n) is 13.3. The van der Waals surface area contributed by atoms with Crippen molar-refractivity contribution in [3.63, 3.8) is 0 Å². The van der Waals surface area contributed by atoms with Gasteiger partial charge in [0.2, 0.25) is 0 Å². The summed E-state index contributed by atoms with van der Waals surface area (Å²) in [6.45, 7) is 14.1. The molecule has 1 atom stereocenters. The molecule has 0 spiro atoms. The van der Waals surface area contributed by atoms with Crippen LogP contribution in [0.1, 0.15) is 49.4 Å². The summed E-state index contributed by atoms with van der Waals surface area (Å²) in [6, 6.07) is 4.44. The molecule has 1 aromatic carbocycles. The largest absolute Gasteiger partial charge is 0.389 e. The summed E-state index contributed by atoms with van der Waals surface area (Å²) in [5.74, 6) is 0.514. The molecule has 0 heterocycles. The van der Waals surface area contributed by atoms with Gasteiger partial charge in [-0.15, -0.1) is 0 Å². The van der Waals surface area contributed by atoms with E-state index in [1.807, 2.05) is 6.92 Å². The van der Waals surface area contributed by atoms with Crippen LogP contribution in [0.3, 0.4) is 0 Å². The molecule has 2 nitrogen and oxygen atoms in total. The van der Waals surface area contributed by atoms with Crippen LogP contribution in [0, 0.1) is 26.7 Å². The van der Waals surface area contributed by atoms with Crippen LogP contribution in [0.2, 0.25) is 0 Å². The first-order valence-electron chi connectivity index (χ1n) is 7.21. The third kappa shape index (κ3) is 5.33. The highest BCUT2D eigenvalue weighted by molar-refractivity contribution is 5.37. The van der Waals surface area contributed by atoms with Crippen LogP contribution < -0.4 is 5.32 Å². The van der Waals surface area contributed by atoms with E-state index in [4.69, 9.17) is 0 Å². The third-order valence-electron chi connectivity index (χ3n) is 3.50. The van der Waals surface area contributed by atoms with Crippen LogP contribution in [0.5, 0.6) is 0 Å².